The van der Waals surface area contributed by atoms with Crippen molar-refractivity contribution < 1.29 is 18.7 Å². The number of benzene rings is 2. The van der Waals surface area contributed by atoms with Crippen LogP contribution in [0, 0.1) is 5.82 Å². The highest BCUT2D eigenvalue weighted by Crippen LogP contribution is 2.30. The summed E-state index contributed by atoms with van der Waals surface area (Å²) in [4.78, 5) is 21.1. The molecule has 8 heteroatoms. The minimum absolute atomic E-state index is 0.203. The van der Waals surface area contributed by atoms with Crippen LogP contribution in [0.25, 0.3) is 16.3 Å². The van der Waals surface area contributed by atoms with Gasteiger partial charge < -0.3 is 14.4 Å². The third-order valence-electron chi connectivity index (χ3n) is 4.43. The van der Waals surface area contributed by atoms with Gasteiger partial charge in [-0.3, -0.25) is 9.69 Å². The van der Waals surface area contributed by atoms with Gasteiger partial charge in [-0.15, -0.1) is 0 Å². The number of likely N-dealkylation sites (N-methyl/N-ethyl adjacent to an activating group) is 1. The van der Waals surface area contributed by atoms with Crippen LogP contribution in [-0.4, -0.2) is 57.2 Å². The van der Waals surface area contributed by atoms with E-state index in [0.29, 0.717) is 39.9 Å². The zero-order valence-electron chi connectivity index (χ0n) is 17.4. The Hall–Kier alpha value is -2.97. The number of thiazole rings is 1. The summed E-state index contributed by atoms with van der Waals surface area (Å²) in [5.41, 5.74) is 1.47. The molecule has 0 radical (unpaired) electrons. The van der Waals surface area contributed by atoms with E-state index in [0.717, 1.165) is 5.56 Å². The summed E-state index contributed by atoms with van der Waals surface area (Å²) >= 11 is 1.30. The molecule has 1 amide bonds. The van der Waals surface area contributed by atoms with Crippen molar-refractivity contribution in [2.45, 2.75) is 0 Å². The van der Waals surface area contributed by atoms with Gasteiger partial charge in [0.15, 0.2) is 16.6 Å². The topological polar surface area (TPSA) is 54.9 Å². The van der Waals surface area contributed by atoms with Gasteiger partial charge in [0.25, 0.3) is 5.91 Å². The van der Waals surface area contributed by atoms with E-state index in [-0.39, 0.29) is 11.7 Å². The molecule has 6 nitrogen and oxygen atoms in total. The third kappa shape index (κ3) is 5.14. The van der Waals surface area contributed by atoms with Gasteiger partial charge in [0.1, 0.15) is 5.82 Å². The SMILES string of the molecule is COc1ccc(/C=C/C(=O)N(CCN(C)C)c2nc3ccc(F)cc3s2)cc1OC. The monoisotopic (exact) mass is 429 g/mol. The van der Waals surface area contributed by atoms with Crippen LogP contribution in [0.2, 0.25) is 0 Å². The van der Waals surface area contributed by atoms with Gasteiger partial charge in [-0.1, -0.05) is 17.4 Å². The number of ether oxygens (including phenoxy) is 2. The minimum atomic E-state index is -0.322. The summed E-state index contributed by atoms with van der Waals surface area (Å²) in [7, 11) is 7.02. The Labute approximate surface area is 179 Å². The van der Waals surface area contributed by atoms with Crippen LogP contribution in [0.4, 0.5) is 9.52 Å². The maximum atomic E-state index is 13.5. The number of halogens is 1. The van der Waals surface area contributed by atoms with E-state index in [1.54, 1.807) is 43.4 Å². The van der Waals surface area contributed by atoms with Crippen LogP contribution in [-0.2, 0) is 4.79 Å². The lowest BCUT2D eigenvalue weighted by molar-refractivity contribution is -0.114. The molecule has 3 rings (SSSR count). The minimum Gasteiger partial charge on any atom is -0.493 e. The van der Waals surface area contributed by atoms with Gasteiger partial charge >= 0.3 is 0 Å². The molecule has 30 heavy (non-hydrogen) atoms. The quantitative estimate of drug-likeness (QED) is 0.506. The van der Waals surface area contributed by atoms with Crippen molar-refractivity contribution in [3.8, 4) is 11.5 Å². The van der Waals surface area contributed by atoms with Crippen LogP contribution in [0.5, 0.6) is 11.5 Å². The van der Waals surface area contributed by atoms with Crippen molar-refractivity contribution in [1.82, 2.24) is 9.88 Å². The molecule has 0 saturated heterocycles. The molecule has 0 saturated carbocycles. The Balaban J connectivity index is 1.87. The molecule has 0 aliphatic rings. The molecule has 0 atom stereocenters. The number of anilines is 1. The molecule has 1 aromatic heterocycles. The Morgan fingerprint density at radius 2 is 1.87 bits per heavy atom. The number of carbonyl (C=O) groups is 1. The Morgan fingerprint density at radius 1 is 1.10 bits per heavy atom. The molecule has 2 aromatic carbocycles. The summed E-state index contributed by atoms with van der Waals surface area (Å²) in [5, 5.41) is 0.541. The van der Waals surface area contributed by atoms with Gasteiger partial charge in [0.2, 0.25) is 0 Å². The molecular formula is C22H24FN3O3S. The molecular weight excluding hydrogens is 405 g/mol. The smallest absolute Gasteiger partial charge is 0.252 e. The zero-order chi connectivity index (χ0) is 21.7. The number of fused-ring (bicyclic) bond motifs is 1. The predicted molar refractivity (Wildman–Crippen MR) is 119 cm³/mol. The fraction of sp³-hybridized carbons (Fsp3) is 0.273. The lowest BCUT2D eigenvalue weighted by Gasteiger charge is -2.20. The van der Waals surface area contributed by atoms with Crippen molar-refractivity contribution in [1.29, 1.82) is 0 Å². The second-order valence-corrected chi connectivity index (χ2v) is 7.86. The second kappa shape index (κ2) is 9.69. The fourth-order valence-electron chi connectivity index (χ4n) is 2.82. The first-order valence-corrected chi connectivity index (χ1v) is 10.2. The lowest BCUT2D eigenvalue weighted by Crippen LogP contribution is -2.35. The normalized spacial score (nSPS) is 11.4. The Bertz CT molecular complexity index is 1060. The molecule has 1 heterocycles. The fourth-order valence-corrected chi connectivity index (χ4v) is 3.84. The number of methoxy groups -OCH3 is 2. The van der Waals surface area contributed by atoms with Crippen LogP contribution in [0.3, 0.4) is 0 Å². The molecule has 0 fully saturated rings. The van der Waals surface area contributed by atoms with Gasteiger partial charge in [-0.2, -0.15) is 0 Å². The molecule has 0 aliphatic heterocycles. The van der Waals surface area contributed by atoms with Crippen molar-refractivity contribution in [2.75, 3.05) is 46.3 Å². The van der Waals surface area contributed by atoms with E-state index in [1.807, 2.05) is 25.1 Å². The molecule has 0 bridgehead atoms. The van der Waals surface area contributed by atoms with Crippen LogP contribution in [0.15, 0.2) is 42.5 Å². The Morgan fingerprint density at radius 3 is 2.57 bits per heavy atom. The summed E-state index contributed by atoms with van der Waals surface area (Å²) in [5.74, 6) is 0.684. The molecule has 0 N–H and O–H groups in total. The van der Waals surface area contributed by atoms with Crippen LogP contribution in [0.1, 0.15) is 5.56 Å². The largest absolute Gasteiger partial charge is 0.493 e. The van der Waals surface area contributed by atoms with Crippen molar-refractivity contribution in [3.05, 3.63) is 53.9 Å². The number of aromatic nitrogens is 1. The Kier molecular flexibility index (Phi) is 7.02. The molecule has 0 spiro atoms. The summed E-state index contributed by atoms with van der Waals surface area (Å²) in [6.45, 7) is 1.13. The molecule has 0 aliphatic carbocycles. The van der Waals surface area contributed by atoms with E-state index < -0.39 is 0 Å². The first-order chi connectivity index (χ1) is 14.4. The predicted octanol–water partition coefficient (Wildman–Crippen LogP) is 4.06. The number of hydrogen-bond donors (Lipinski definition) is 0. The average Bonchev–Trinajstić information content (AvgIpc) is 3.14. The zero-order valence-corrected chi connectivity index (χ0v) is 18.2. The molecule has 0 unspecified atom stereocenters. The third-order valence-corrected chi connectivity index (χ3v) is 5.47. The maximum Gasteiger partial charge on any atom is 0.252 e. The van der Waals surface area contributed by atoms with E-state index in [4.69, 9.17) is 9.47 Å². The van der Waals surface area contributed by atoms with Crippen LogP contribution < -0.4 is 14.4 Å². The standard InChI is InChI=1S/C22H24FN3O3S/c1-25(2)11-12-26(22-24-17-8-7-16(23)14-20(17)30-22)21(27)10-6-15-5-9-18(28-3)19(13-15)29-4/h5-10,13-14H,11-12H2,1-4H3/b10-6+. The maximum absolute atomic E-state index is 13.5. The number of hydrogen-bond acceptors (Lipinski definition) is 6. The van der Waals surface area contributed by atoms with Crippen molar-refractivity contribution in [2.24, 2.45) is 0 Å². The highest BCUT2D eigenvalue weighted by Gasteiger charge is 2.18. The summed E-state index contributed by atoms with van der Waals surface area (Å²) in [6, 6.07) is 9.86. The highest BCUT2D eigenvalue weighted by molar-refractivity contribution is 7.22. The number of nitrogens with zero attached hydrogens (tertiary/aromatic N) is 3. The van der Waals surface area contributed by atoms with Gasteiger partial charge in [-0.05, 0) is 56.1 Å². The first-order valence-electron chi connectivity index (χ1n) is 9.33. The van der Waals surface area contributed by atoms with Crippen molar-refractivity contribution in [3.63, 3.8) is 0 Å². The van der Waals surface area contributed by atoms with E-state index in [1.165, 1.54) is 29.5 Å². The highest BCUT2D eigenvalue weighted by atomic mass is 32.1. The van der Waals surface area contributed by atoms with Gasteiger partial charge in [0, 0.05) is 19.2 Å². The summed E-state index contributed by atoms with van der Waals surface area (Å²) in [6.07, 6.45) is 3.23. The molecule has 158 valence electrons. The summed E-state index contributed by atoms with van der Waals surface area (Å²) < 4.78 is 24.8. The van der Waals surface area contributed by atoms with Gasteiger partial charge in [0.05, 0.1) is 24.4 Å². The first kappa shape index (κ1) is 21.7. The number of carbonyl (C=O) groups excluding carboxylic acids is 1. The molecule has 3 aromatic rings. The average molecular weight is 430 g/mol. The van der Waals surface area contributed by atoms with Crippen LogP contribution >= 0.6 is 11.3 Å². The number of amides is 1. The number of rotatable bonds is 8. The van der Waals surface area contributed by atoms with Gasteiger partial charge in [-0.25, -0.2) is 9.37 Å². The van der Waals surface area contributed by atoms with Crippen molar-refractivity contribution >= 4 is 38.7 Å². The lowest BCUT2D eigenvalue weighted by atomic mass is 10.2. The van der Waals surface area contributed by atoms with E-state index in [9.17, 15) is 9.18 Å². The van der Waals surface area contributed by atoms with E-state index >= 15 is 0 Å². The second-order valence-electron chi connectivity index (χ2n) is 6.85. The van der Waals surface area contributed by atoms with E-state index in [2.05, 4.69) is 4.98 Å².